The largest absolute Gasteiger partial charge is 0.354 e. The van der Waals surface area contributed by atoms with E-state index in [4.69, 9.17) is 9.47 Å². The molecule has 0 rings (SSSR count). The zero-order valence-electron chi connectivity index (χ0n) is 5.85. The number of nitrogens with one attached hydrogen (secondary N) is 1. The van der Waals surface area contributed by atoms with Gasteiger partial charge in [-0.3, -0.25) is 3.53 Å². The van der Waals surface area contributed by atoms with E-state index in [1.54, 1.807) is 14.2 Å². The Kier molecular flexibility index (Phi) is 5.77. The standard InChI is InChI=1S/C5H12INO2/c1-4(7-6)5(8-2)9-3/h4-5,7H,1-3H3. The molecule has 0 fully saturated rings. The fraction of sp³-hybridized carbons (Fsp3) is 1.00. The molecule has 0 saturated heterocycles. The third kappa shape index (κ3) is 3.34. The average molecular weight is 245 g/mol. The number of hydrogen-bond donors (Lipinski definition) is 1. The van der Waals surface area contributed by atoms with Gasteiger partial charge in [-0.1, -0.05) is 0 Å². The zero-order valence-corrected chi connectivity index (χ0v) is 8.01. The van der Waals surface area contributed by atoms with Gasteiger partial charge in [-0.2, -0.15) is 0 Å². The van der Waals surface area contributed by atoms with Crippen LogP contribution in [0.2, 0.25) is 0 Å². The summed E-state index contributed by atoms with van der Waals surface area (Å²) in [5.41, 5.74) is 0. The molecule has 56 valence electrons. The van der Waals surface area contributed by atoms with E-state index >= 15 is 0 Å². The zero-order chi connectivity index (χ0) is 7.28. The summed E-state index contributed by atoms with van der Waals surface area (Å²) in [4.78, 5) is 0. The Hall–Kier alpha value is 0.610. The van der Waals surface area contributed by atoms with Crippen LogP contribution in [0.4, 0.5) is 0 Å². The maximum Gasteiger partial charge on any atom is 0.172 e. The van der Waals surface area contributed by atoms with Crippen LogP contribution in [0.3, 0.4) is 0 Å². The highest BCUT2D eigenvalue weighted by atomic mass is 127. The molecule has 1 atom stereocenters. The Morgan fingerprint density at radius 1 is 1.33 bits per heavy atom. The molecular formula is C5H12INO2. The molecule has 4 heteroatoms. The fourth-order valence-electron chi connectivity index (χ4n) is 0.556. The van der Waals surface area contributed by atoms with E-state index in [1.165, 1.54) is 0 Å². The molecule has 0 aliphatic heterocycles. The second kappa shape index (κ2) is 5.40. The molecule has 1 unspecified atom stereocenters. The Morgan fingerprint density at radius 3 is 1.89 bits per heavy atom. The first-order valence-electron chi connectivity index (χ1n) is 2.68. The van der Waals surface area contributed by atoms with Crippen LogP contribution in [-0.2, 0) is 9.47 Å². The topological polar surface area (TPSA) is 30.5 Å². The molecule has 9 heavy (non-hydrogen) atoms. The van der Waals surface area contributed by atoms with E-state index in [0.29, 0.717) is 0 Å². The summed E-state index contributed by atoms with van der Waals surface area (Å²) >= 11 is 2.07. The van der Waals surface area contributed by atoms with Gasteiger partial charge in [-0.25, -0.2) is 0 Å². The van der Waals surface area contributed by atoms with Crippen molar-refractivity contribution in [3.63, 3.8) is 0 Å². The van der Waals surface area contributed by atoms with Crippen molar-refractivity contribution < 1.29 is 9.47 Å². The summed E-state index contributed by atoms with van der Waals surface area (Å²) in [5, 5.41) is 0. The van der Waals surface area contributed by atoms with Gasteiger partial charge in [-0.05, 0) is 6.92 Å². The molecule has 0 aliphatic carbocycles. The van der Waals surface area contributed by atoms with E-state index in [0.717, 1.165) is 0 Å². The molecular weight excluding hydrogens is 233 g/mol. The first kappa shape index (κ1) is 9.61. The molecule has 1 N–H and O–H groups in total. The van der Waals surface area contributed by atoms with Gasteiger partial charge in [0.25, 0.3) is 0 Å². The molecule has 0 aliphatic rings. The van der Waals surface area contributed by atoms with Crippen LogP contribution in [0, 0.1) is 0 Å². The van der Waals surface area contributed by atoms with Crippen molar-refractivity contribution >= 4 is 22.9 Å². The fourth-order valence-corrected chi connectivity index (χ4v) is 0.850. The van der Waals surface area contributed by atoms with Gasteiger partial charge in [0.1, 0.15) is 0 Å². The van der Waals surface area contributed by atoms with E-state index < -0.39 is 0 Å². The van der Waals surface area contributed by atoms with Crippen LogP contribution < -0.4 is 3.53 Å². The van der Waals surface area contributed by atoms with Crippen LogP contribution in [0.5, 0.6) is 0 Å². The van der Waals surface area contributed by atoms with Crippen LogP contribution in [0.15, 0.2) is 0 Å². The second-order valence-corrected chi connectivity index (χ2v) is 2.36. The normalized spacial score (nSPS) is 14.3. The first-order chi connectivity index (χ1) is 4.26. The van der Waals surface area contributed by atoms with Crippen molar-refractivity contribution in [2.75, 3.05) is 14.2 Å². The summed E-state index contributed by atoms with van der Waals surface area (Å²) in [5.74, 6) is 0. The summed E-state index contributed by atoms with van der Waals surface area (Å²) in [6.07, 6.45) is -0.151. The van der Waals surface area contributed by atoms with Crippen molar-refractivity contribution in [3.05, 3.63) is 0 Å². The number of methoxy groups -OCH3 is 2. The molecule has 0 aromatic heterocycles. The Labute approximate surface area is 69.6 Å². The molecule has 0 aromatic carbocycles. The van der Waals surface area contributed by atoms with Gasteiger partial charge in [0, 0.05) is 37.1 Å². The summed E-state index contributed by atoms with van der Waals surface area (Å²) in [6.45, 7) is 1.99. The highest BCUT2D eigenvalue weighted by molar-refractivity contribution is 14.1. The summed E-state index contributed by atoms with van der Waals surface area (Å²) in [6, 6.07) is 0.223. The molecule has 0 radical (unpaired) electrons. The van der Waals surface area contributed by atoms with Crippen LogP contribution in [0.25, 0.3) is 0 Å². The first-order valence-corrected chi connectivity index (χ1v) is 3.75. The third-order valence-electron chi connectivity index (χ3n) is 1.04. The Balaban J connectivity index is 3.50. The highest BCUT2D eigenvalue weighted by Crippen LogP contribution is 1.98. The maximum atomic E-state index is 4.96. The highest BCUT2D eigenvalue weighted by Gasteiger charge is 2.12. The van der Waals surface area contributed by atoms with Gasteiger partial charge in [0.2, 0.25) is 0 Å². The Bertz CT molecular complexity index is 68.0. The molecule has 3 nitrogen and oxygen atoms in total. The van der Waals surface area contributed by atoms with E-state index in [-0.39, 0.29) is 12.3 Å². The summed E-state index contributed by atoms with van der Waals surface area (Å²) < 4.78 is 12.9. The minimum atomic E-state index is -0.151. The van der Waals surface area contributed by atoms with Crippen molar-refractivity contribution in [2.45, 2.75) is 19.3 Å². The lowest BCUT2D eigenvalue weighted by molar-refractivity contribution is -0.114. The predicted molar refractivity (Wildman–Crippen MR) is 44.4 cm³/mol. The number of ether oxygens (including phenoxy) is 2. The molecule has 0 heterocycles. The van der Waals surface area contributed by atoms with Crippen molar-refractivity contribution in [1.82, 2.24) is 3.53 Å². The minimum Gasteiger partial charge on any atom is -0.354 e. The lowest BCUT2D eigenvalue weighted by Gasteiger charge is -2.18. The molecule has 0 amide bonds. The van der Waals surface area contributed by atoms with Crippen molar-refractivity contribution in [3.8, 4) is 0 Å². The van der Waals surface area contributed by atoms with Crippen molar-refractivity contribution in [1.29, 1.82) is 0 Å². The molecule has 0 spiro atoms. The van der Waals surface area contributed by atoms with Crippen LogP contribution >= 0.6 is 22.9 Å². The minimum absolute atomic E-state index is 0.151. The van der Waals surface area contributed by atoms with Crippen LogP contribution in [-0.4, -0.2) is 26.6 Å². The smallest absolute Gasteiger partial charge is 0.172 e. The van der Waals surface area contributed by atoms with Gasteiger partial charge in [0.15, 0.2) is 6.29 Å². The number of rotatable bonds is 4. The SMILES string of the molecule is COC(OC)C(C)NI. The lowest BCUT2D eigenvalue weighted by atomic mass is 10.3. The van der Waals surface area contributed by atoms with E-state index in [1.807, 2.05) is 6.92 Å². The number of hydrogen-bond acceptors (Lipinski definition) is 3. The molecule has 0 aromatic rings. The van der Waals surface area contributed by atoms with E-state index in [2.05, 4.69) is 26.4 Å². The van der Waals surface area contributed by atoms with Gasteiger partial charge < -0.3 is 9.47 Å². The maximum absolute atomic E-state index is 4.96. The van der Waals surface area contributed by atoms with Crippen molar-refractivity contribution in [2.24, 2.45) is 0 Å². The van der Waals surface area contributed by atoms with E-state index in [9.17, 15) is 0 Å². The quantitative estimate of drug-likeness (QED) is 0.454. The summed E-state index contributed by atoms with van der Waals surface area (Å²) in [7, 11) is 3.25. The van der Waals surface area contributed by atoms with Gasteiger partial charge in [0.05, 0.1) is 6.04 Å². The van der Waals surface area contributed by atoms with Crippen LogP contribution in [0.1, 0.15) is 6.92 Å². The number of halogens is 1. The average Bonchev–Trinajstić information content (AvgIpc) is 1.90. The van der Waals surface area contributed by atoms with Gasteiger partial charge >= 0.3 is 0 Å². The third-order valence-corrected chi connectivity index (χ3v) is 2.03. The monoisotopic (exact) mass is 245 g/mol. The second-order valence-electron chi connectivity index (χ2n) is 1.74. The molecule has 0 saturated carbocycles. The molecule has 0 bridgehead atoms. The van der Waals surface area contributed by atoms with Gasteiger partial charge in [-0.15, -0.1) is 0 Å². The predicted octanol–water partition coefficient (Wildman–Crippen LogP) is 0.933. The Morgan fingerprint density at radius 2 is 1.78 bits per heavy atom. The lowest BCUT2D eigenvalue weighted by Crippen LogP contribution is -2.34.